The molecule has 4 rings (SSSR count). The van der Waals surface area contributed by atoms with Gasteiger partial charge in [-0.2, -0.15) is 0 Å². The van der Waals surface area contributed by atoms with Crippen molar-refractivity contribution in [2.45, 2.75) is 26.2 Å². The Morgan fingerprint density at radius 2 is 1.94 bits per heavy atom. The molecule has 0 fully saturated rings. The van der Waals surface area contributed by atoms with Crippen LogP contribution in [-0.2, 0) is 4.79 Å². The molecule has 3 aromatic carbocycles. The molecular formula is C25H23IN2O3. The van der Waals surface area contributed by atoms with Gasteiger partial charge in [0.05, 0.1) is 0 Å². The van der Waals surface area contributed by atoms with E-state index in [1.165, 1.54) is 5.56 Å². The summed E-state index contributed by atoms with van der Waals surface area (Å²) in [7, 11) is 0. The van der Waals surface area contributed by atoms with Crippen LogP contribution in [0.25, 0.3) is 22.6 Å². The number of hydrogen-bond donors (Lipinski definition) is 1. The second kappa shape index (κ2) is 9.51. The lowest BCUT2D eigenvalue weighted by molar-refractivity contribution is -0.118. The van der Waals surface area contributed by atoms with Gasteiger partial charge in [-0.1, -0.05) is 32.0 Å². The number of hydrogen-bond acceptors (Lipinski definition) is 4. The number of amides is 1. The van der Waals surface area contributed by atoms with Crippen LogP contribution in [0.1, 0.15) is 31.7 Å². The summed E-state index contributed by atoms with van der Waals surface area (Å²) in [5.74, 6) is 1.51. The highest BCUT2D eigenvalue weighted by atomic mass is 127. The Bertz CT molecular complexity index is 1200. The van der Waals surface area contributed by atoms with Crippen molar-refractivity contribution >= 4 is 45.3 Å². The molecule has 1 N–H and O–H groups in total. The van der Waals surface area contributed by atoms with Crippen LogP contribution in [0.3, 0.4) is 0 Å². The number of carbonyl (C=O) groups excluding carboxylic acids is 1. The number of aromatic nitrogens is 1. The van der Waals surface area contributed by atoms with Crippen molar-refractivity contribution in [2.75, 3.05) is 11.9 Å². The quantitative estimate of drug-likeness (QED) is 0.275. The van der Waals surface area contributed by atoms with Gasteiger partial charge in [-0.15, -0.1) is 0 Å². The van der Waals surface area contributed by atoms with Gasteiger partial charge in [-0.25, -0.2) is 4.98 Å². The van der Waals surface area contributed by atoms with E-state index in [1.54, 1.807) is 12.1 Å². The van der Waals surface area contributed by atoms with Gasteiger partial charge in [0.15, 0.2) is 12.2 Å². The van der Waals surface area contributed by atoms with Crippen LogP contribution in [0.15, 0.2) is 71.1 Å². The lowest BCUT2D eigenvalue weighted by atomic mass is 9.99. The van der Waals surface area contributed by atoms with Crippen LogP contribution in [0.2, 0.25) is 0 Å². The van der Waals surface area contributed by atoms with Gasteiger partial charge < -0.3 is 14.5 Å². The van der Waals surface area contributed by atoms with E-state index in [0.29, 0.717) is 34.3 Å². The zero-order valence-corrected chi connectivity index (χ0v) is 19.5. The Morgan fingerprint density at radius 3 is 2.68 bits per heavy atom. The van der Waals surface area contributed by atoms with E-state index in [2.05, 4.69) is 46.7 Å². The van der Waals surface area contributed by atoms with Gasteiger partial charge in [-0.3, -0.25) is 4.79 Å². The summed E-state index contributed by atoms with van der Waals surface area (Å²) in [5, 5.41) is 2.85. The van der Waals surface area contributed by atoms with E-state index >= 15 is 0 Å². The third-order valence-corrected chi connectivity index (χ3v) is 5.85. The summed E-state index contributed by atoms with van der Waals surface area (Å²) >= 11 is 2.26. The van der Waals surface area contributed by atoms with Gasteiger partial charge in [0.2, 0.25) is 5.89 Å². The van der Waals surface area contributed by atoms with E-state index in [4.69, 9.17) is 9.15 Å². The van der Waals surface area contributed by atoms with Gasteiger partial charge >= 0.3 is 0 Å². The number of rotatable bonds is 7. The molecule has 0 saturated heterocycles. The third-order valence-electron chi connectivity index (χ3n) is 5.17. The SMILES string of the molecule is CC[C@@H](C)c1ccc(OCC(=O)Nc2ccc3oc(-c4cccc(I)c4)nc3c2)cc1. The number of oxazole rings is 1. The zero-order chi connectivity index (χ0) is 21.8. The van der Waals surface area contributed by atoms with E-state index in [-0.39, 0.29) is 12.5 Å². The molecular weight excluding hydrogens is 503 g/mol. The van der Waals surface area contributed by atoms with E-state index in [9.17, 15) is 4.79 Å². The standard InChI is InChI=1S/C25H23IN2O3/c1-3-16(2)17-7-10-21(11-8-17)30-15-24(29)27-20-9-12-23-22(14-20)28-25(31-23)18-5-4-6-19(26)13-18/h4-14,16H,3,15H2,1-2H3,(H,27,29)/t16-/m1/s1. The maximum Gasteiger partial charge on any atom is 0.262 e. The first kappa shape index (κ1) is 21.4. The first-order valence-electron chi connectivity index (χ1n) is 10.2. The maximum atomic E-state index is 12.3. The summed E-state index contributed by atoms with van der Waals surface area (Å²) in [6, 6.07) is 21.3. The third kappa shape index (κ3) is 5.25. The predicted molar refractivity (Wildman–Crippen MR) is 131 cm³/mol. The Labute approximate surface area is 195 Å². The molecule has 0 unspecified atom stereocenters. The summed E-state index contributed by atoms with van der Waals surface area (Å²) in [6.07, 6.45) is 1.09. The monoisotopic (exact) mass is 526 g/mol. The molecule has 0 aliphatic heterocycles. The fourth-order valence-electron chi connectivity index (χ4n) is 3.22. The van der Waals surface area contributed by atoms with E-state index < -0.39 is 0 Å². The Kier molecular flexibility index (Phi) is 6.56. The van der Waals surface area contributed by atoms with Crippen molar-refractivity contribution in [2.24, 2.45) is 0 Å². The Morgan fingerprint density at radius 1 is 1.13 bits per heavy atom. The Balaban J connectivity index is 1.39. The number of carbonyl (C=O) groups is 1. The van der Waals surface area contributed by atoms with Gasteiger partial charge in [0, 0.05) is 14.8 Å². The number of fused-ring (bicyclic) bond motifs is 1. The summed E-state index contributed by atoms with van der Waals surface area (Å²) in [6.45, 7) is 4.30. The fraction of sp³-hybridized carbons (Fsp3) is 0.200. The summed E-state index contributed by atoms with van der Waals surface area (Å²) < 4.78 is 12.6. The molecule has 0 bridgehead atoms. The number of nitrogens with zero attached hydrogens (tertiary/aromatic N) is 1. The fourth-order valence-corrected chi connectivity index (χ4v) is 3.77. The van der Waals surface area contributed by atoms with Crippen LogP contribution in [0, 0.1) is 3.57 Å². The second-order valence-electron chi connectivity index (χ2n) is 7.43. The topological polar surface area (TPSA) is 64.4 Å². The van der Waals surface area contributed by atoms with Crippen molar-refractivity contribution in [1.82, 2.24) is 4.98 Å². The van der Waals surface area contributed by atoms with E-state index in [0.717, 1.165) is 15.6 Å². The first-order chi connectivity index (χ1) is 15.0. The molecule has 31 heavy (non-hydrogen) atoms. The molecule has 1 heterocycles. The molecule has 1 aromatic heterocycles. The molecule has 4 aromatic rings. The minimum absolute atomic E-state index is 0.0623. The summed E-state index contributed by atoms with van der Waals surface area (Å²) in [5.41, 5.74) is 4.19. The van der Waals surface area contributed by atoms with Crippen LogP contribution in [-0.4, -0.2) is 17.5 Å². The number of nitrogens with one attached hydrogen (secondary N) is 1. The van der Waals surface area contributed by atoms with Gasteiger partial charge in [0.1, 0.15) is 11.3 Å². The predicted octanol–water partition coefficient (Wildman–Crippen LogP) is 6.63. The molecule has 0 aliphatic carbocycles. The largest absolute Gasteiger partial charge is 0.484 e. The number of anilines is 1. The molecule has 6 heteroatoms. The highest BCUT2D eigenvalue weighted by Gasteiger charge is 2.11. The molecule has 0 spiro atoms. The lowest BCUT2D eigenvalue weighted by Gasteiger charge is -2.11. The van der Waals surface area contributed by atoms with Crippen molar-refractivity contribution in [3.05, 3.63) is 75.9 Å². The summed E-state index contributed by atoms with van der Waals surface area (Å²) in [4.78, 5) is 16.9. The molecule has 0 saturated carbocycles. The van der Waals surface area contributed by atoms with Gasteiger partial charge in [0.25, 0.3) is 5.91 Å². The van der Waals surface area contributed by atoms with Crippen LogP contribution in [0.5, 0.6) is 5.75 Å². The highest BCUT2D eigenvalue weighted by Crippen LogP contribution is 2.27. The second-order valence-corrected chi connectivity index (χ2v) is 8.67. The van der Waals surface area contributed by atoms with Crippen LogP contribution >= 0.6 is 22.6 Å². The van der Waals surface area contributed by atoms with Crippen molar-refractivity contribution < 1.29 is 13.9 Å². The average molecular weight is 526 g/mol. The first-order valence-corrected chi connectivity index (χ1v) is 11.3. The molecule has 1 amide bonds. The van der Waals surface area contributed by atoms with Crippen molar-refractivity contribution in [3.63, 3.8) is 0 Å². The zero-order valence-electron chi connectivity index (χ0n) is 17.4. The molecule has 0 aliphatic rings. The lowest BCUT2D eigenvalue weighted by Crippen LogP contribution is -2.20. The smallest absolute Gasteiger partial charge is 0.262 e. The molecule has 0 radical (unpaired) electrons. The molecule has 1 atom stereocenters. The molecule has 5 nitrogen and oxygen atoms in total. The van der Waals surface area contributed by atoms with Gasteiger partial charge in [-0.05, 0) is 89.0 Å². The normalized spacial score (nSPS) is 12.0. The van der Waals surface area contributed by atoms with Crippen molar-refractivity contribution in [1.29, 1.82) is 0 Å². The van der Waals surface area contributed by atoms with E-state index in [1.807, 2.05) is 54.6 Å². The average Bonchev–Trinajstić information content (AvgIpc) is 3.21. The number of halogens is 1. The minimum atomic E-state index is -0.230. The van der Waals surface area contributed by atoms with Crippen LogP contribution in [0.4, 0.5) is 5.69 Å². The maximum absolute atomic E-state index is 12.3. The molecule has 158 valence electrons. The number of ether oxygens (including phenoxy) is 1. The van der Waals surface area contributed by atoms with Crippen molar-refractivity contribution in [3.8, 4) is 17.2 Å². The minimum Gasteiger partial charge on any atom is -0.484 e. The number of benzene rings is 3. The Hall–Kier alpha value is -2.87. The highest BCUT2D eigenvalue weighted by molar-refractivity contribution is 14.1. The van der Waals surface area contributed by atoms with Crippen LogP contribution < -0.4 is 10.1 Å².